The number of carbonyl (C=O) groups is 1. The molecule has 2 aromatic rings. The first-order chi connectivity index (χ1) is 14.2. The van der Waals surface area contributed by atoms with Gasteiger partial charge in [-0.25, -0.2) is 4.79 Å². The first kappa shape index (κ1) is 18.5. The number of rotatable bonds is 3. The molecule has 0 aromatic heterocycles. The number of hydrogen-bond acceptors (Lipinski definition) is 3. The van der Waals surface area contributed by atoms with Crippen molar-refractivity contribution in [2.75, 3.05) is 24.3 Å². The molecule has 29 heavy (non-hydrogen) atoms. The van der Waals surface area contributed by atoms with Crippen molar-refractivity contribution in [3.63, 3.8) is 0 Å². The Kier molecular flexibility index (Phi) is 4.70. The van der Waals surface area contributed by atoms with Crippen molar-refractivity contribution < 1.29 is 9.53 Å². The van der Waals surface area contributed by atoms with Crippen LogP contribution in [-0.2, 0) is 11.8 Å². The molecule has 2 amide bonds. The maximum Gasteiger partial charge on any atom is 0.323 e. The molecule has 5 heteroatoms. The van der Waals surface area contributed by atoms with E-state index in [0.717, 1.165) is 36.0 Å². The molecule has 2 bridgehead atoms. The summed E-state index contributed by atoms with van der Waals surface area (Å²) in [5.74, 6) is 1.51. The molecule has 5 nitrogen and oxygen atoms in total. The topological polar surface area (TPSA) is 62.4 Å². The van der Waals surface area contributed by atoms with Crippen molar-refractivity contribution >= 4 is 17.4 Å². The molecule has 2 aliphatic carbocycles. The first-order valence-corrected chi connectivity index (χ1v) is 10.8. The van der Waals surface area contributed by atoms with Gasteiger partial charge in [0.15, 0.2) is 0 Å². The average Bonchev–Trinajstić information content (AvgIpc) is 2.75. The minimum atomic E-state index is -0.216. The fourth-order valence-electron chi connectivity index (χ4n) is 5.97. The second-order valence-corrected chi connectivity index (χ2v) is 8.70. The molecule has 3 aliphatic rings. The van der Waals surface area contributed by atoms with E-state index >= 15 is 0 Å². The number of carbonyl (C=O) groups excluding carboxylic acids is 1. The van der Waals surface area contributed by atoms with Crippen molar-refractivity contribution in [1.82, 2.24) is 5.32 Å². The van der Waals surface area contributed by atoms with Crippen LogP contribution in [0.4, 0.5) is 16.2 Å². The first-order valence-electron chi connectivity index (χ1n) is 10.8. The molecule has 0 radical (unpaired) electrons. The Hall–Kier alpha value is -2.53. The summed E-state index contributed by atoms with van der Waals surface area (Å²) in [5.41, 5.74) is 4.87. The van der Waals surface area contributed by atoms with Gasteiger partial charge < -0.3 is 20.7 Å². The van der Waals surface area contributed by atoms with Gasteiger partial charge in [-0.2, -0.15) is 0 Å². The second-order valence-electron chi connectivity index (χ2n) is 8.70. The zero-order valence-corrected chi connectivity index (χ0v) is 17.0. The molecule has 0 unspecified atom stereocenters. The molecule has 1 saturated carbocycles. The summed E-state index contributed by atoms with van der Waals surface area (Å²) in [5, 5.41) is 9.72. The number of fused-ring (bicyclic) bond motifs is 1. The van der Waals surface area contributed by atoms with Crippen LogP contribution in [0.2, 0.25) is 0 Å². The Labute approximate surface area is 172 Å². The second kappa shape index (κ2) is 7.38. The molecule has 152 valence electrons. The average molecular weight is 392 g/mol. The highest BCUT2D eigenvalue weighted by Crippen LogP contribution is 2.54. The predicted molar refractivity (Wildman–Crippen MR) is 116 cm³/mol. The lowest BCUT2D eigenvalue weighted by Gasteiger charge is -2.56. The van der Waals surface area contributed by atoms with E-state index in [1.165, 1.54) is 43.2 Å². The smallest absolute Gasteiger partial charge is 0.323 e. The van der Waals surface area contributed by atoms with Crippen LogP contribution in [0.3, 0.4) is 0 Å². The quantitative estimate of drug-likeness (QED) is 0.712. The van der Waals surface area contributed by atoms with E-state index in [9.17, 15) is 4.79 Å². The molecule has 2 fully saturated rings. The highest BCUT2D eigenvalue weighted by atomic mass is 16.5. The molecule has 1 aliphatic heterocycles. The minimum absolute atomic E-state index is 0.216. The van der Waals surface area contributed by atoms with E-state index in [1.807, 2.05) is 30.3 Å². The number of urea groups is 1. The van der Waals surface area contributed by atoms with Gasteiger partial charge in [-0.3, -0.25) is 0 Å². The monoisotopic (exact) mass is 391 g/mol. The van der Waals surface area contributed by atoms with Gasteiger partial charge in [-0.1, -0.05) is 18.9 Å². The summed E-state index contributed by atoms with van der Waals surface area (Å²) in [6.45, 7) is 1.11. The van der Waals surface area contributed by atoms with E-state index in [4.69, 9.17) is 4.74 Å². The Bertz CT molecular complexity index is 907. The largest absolute Gasteiger partial charge is 0.497 e. The van der Waals surface area contributed by atoms with Crippen molar-refractivity contribution in [1.29, 1.82) is 0 Å². The minimum Gasteiger partial charge on any atom is -0.497 e. The highest BCUT2D eigenvalue weighted by Gasteiger charge is 2.51. The molecule has 3 N–H and O–H groups in total. The van der Waals surface area contributed by atoms with Crippen molar-refractivity contribution in [3.8, 4) is 5.75 Å². The number of piperidine rings is 1. The molecule has 3 atom stereocenters. The maximum absolute atomic E-state index is 12.5. The predicted octanol–water partition coefficient (Wildman–Crippen LogP) is 4.69. The fourth-order valence-corrected chi connectivity index (χ4v) is 5.97. The Balaban J connectivity index is 1.37. The number of benzene rings is 2. The van der Waals surface area contributed by atoms with Crippen molar-refractivity contribution in [2.24, 2.45) is 5.92 Å². The van der Waals surface area contributed by atoms with Gasteiger partial charge in [0, 0.05) is 22.8 Å². The number of amides is 2. The summed E-state index contributed by atoms with van der Waals surface area (Å²) >= 11 is 0. The lowest BCUT2D eigenvalue weighted by Crippen LogP contribution is -2.59. The van der Waals surface area contributed by atoms with E-state index in [2.05, 4.69) is 28.1 Å². The van der Waals surface area contributed by atoms with Gasteiger partial charge >= 0.3 is 6.03 Å². The van der Waals surface area contributed by atoms with Crippen molar-refractivity contribution in [3.05, 3.63) is 53.6 Å². The van der Waals surface area contributed by atoms with Gasteiger partial charge in [0.25, 0.3) is 0 Å². The zero-order valence-electron chi connectivity index (χ0n) is 17.0. The number of anilines is 2. The zero-order chi connectivity index (χ0) is 19.8. The summed E-state index contributed by atoms with van der Waals surface area (Å²) < 4.78 is 5.17. The van der Waals surface area contributed by atoms with Gasteiger partial charge in [-0.05, 0) is 85.7 Å². The fraction of sp³-hybridized carbons (Fsp3) is 0.458. The molecule has 1 saturated heterocycles. The molecule has 0 spiro atoms. The van der Waals surface area contributed by atoms with E-state index < -0.39 is 0 Å². The maximum atomic E-state index is 12.5. The molecular formula is C24H29N3O2. The van der Waals surface area contributed by atoms with Crippen LogP contribution in [0, 0.1) is 5.92 Å². The van der Waals surface area contributed by atoms with Gasteiger partial charge in [0.1, 0.15) is 5.75 Å². The number of hydrogen-bond donors (Lipinski definition) is 3. The summed E-state index contributed by atoms with van der Waals surface area (Å²) in [6.07, 6.45) is 7.60. The van der Waals surface area contributed by atoms with Crippen LogP contribution in [0.25, 0.3) is 0 Å². The Morgan fingerprint density at radius 1 is 1.07 bits per heavy atom. The molecular weight excluding hydrogens is 362 g/mol. The summed E-state index contributed by atoms with van der Waals surface area (Å²) in [4.78, 5) is 12.5. The van der Waals surface area contributed by atoms with Crippen LogP contribution in [0.15, 0.2) is 42.5 Å². The summed E-state index contributed by atoms with van der Waals surface area (Å²) in [7, 11) is 1.63. The number of nitrogens with one attached hydrogen (secondary N) is 3. The van der Waals surface area contributed by atoms with Crippen molar-refractivity contribution in [2.45, 2.75) is 50.0 Å². The lowest BCUT2D eigenvalue weighted by atomic mass is 9.53. The standard InChI is InChI=1S/C24H29N3O2/c1-29-19-9-7-17(8-10-19)26-23(28)27-18-6-5-16-14-22-20-4-2-3-11-24(20,12-13-25-22)21(16)15-18/h5-10,15,20,22,25H,2-4,11-14H2,1H3,(H2,26,27,28)/t20-,22+,24+/m0/s1. The van der Waals surface area contributed by atoms with E-state index in [-0.39, 0.29) is 6.03 Å². The lowest BCUT2D eigenvalue weighted by molar-refractivity contribution is 0.0798. The third-order valence-electron chi connectivity index (χ3n) is 7.25. The third-order valence-corrected chi connectivity index (χ3v) is 7.25. The highest BCUT2D eigenvalue weighted by molar-refractivity contribution is 5.99. The van der Waals surface area contributed by atoms with Gasteiger partial charge in [-0.15, -0.1) is 0 Å². The molecule has 2 aromatic carbocycles. The van der Waals surface area contributed by atoms with E-state index in [1.54, 1.807) is 7.11 Å². The third kappa shape index (κ3) is 3.27. The number of ether oxygens (including phenoxy) is 1. The van der Waals surface area contributed by atoms with Crippen LogP contribution >= 0.6 is 0 Å². The van der Waals surface area contributed by atoms with Gasteiger partial charge in [0.05, 0.1) is 7.11 Å². The van der Waals surface area contributed by atoms with Gasteiger partial charge in [0.2, 0.25) is 0 Å². The normalized spacial score (nSPS) is 27.3. The SMILES string of the molecule is COc1ccc(NC(=O)Nc2ccc3c(c2)[C@@]24CCCC[C@H]2[C@@H](C3)NCC4)cc1. The summed E-state index contributed by atoms with van der Waals surface area (Å²) in [6, 6.07) is 14.3. The molecule has 1 heterocycles. The van der Waals surface area contributed by atoms with E-state index in [0.29, 0.717) is 11.5 Å². The Morgan fingerprint density at radius 3 is 2.69 bits per heavy atom. The van der Waals surface area contributed by atoms with Crippen LogP contribution < -0.4 is 20.7 Å². The van der Waals surface area contributed by atoms with Crippen LogP contribution in [0.5, 0.6) is 5.75 Å². The Morgan fingerprint density at radius 2 is 1.86 bits per heavy atom. The number of methoxy groups -OCH3 is 1. The molecule has 5 rings (SSSR count). The van der Waals surface area contributed by atoms with Crippen LogP contribution in [0.1, 0.15) is 43.2 Å². The van der Waals surface area contributed by atoms with Crippen LogP contribution in [-0.4, -0.2) is 25.7 Å².